The molecule has 6 heteroatoms. The molecule has 1 aromatic carbocycles. The molecule has 2 N–H and O–H groups in total. The monoisotopic (exact) mass is 301 g/mol. The summed E-state index contributed by atoms with van der Waals surface area (Å²) >= 11 is 0. The number of nitrogens with zero attached hydrogens (tertiary/aromatic N) is 1. The Morgan fingerprint density at radius 3 is 2.50 bits per heavy atom. The van der Waals surface area contributed by atoms with E-state index >= 15 is 0 Å². The number of carbonyl (C=O) groups is 2. The third-order valence-corrected chi connectivity index (χ3v) is 3.08. The molecule has 0 aliphatic heterocycles. The number of aromatic nitrogens is 1. The summed E-state index contributed by atoms with van der Waals surface area (Å²) < 4.78 is 12.8. The van der Waals surface area contributed by atoms with Crippen molar-refractivity contribution in [3.63, 3.8) is 0 Å². The van der Waals surface area contributed by atoms with E-state index in [2.05, 4.69) is 15.6 Å². The van der Waals surface area contributed by atoms with Crippen molar-refractivity contribution in [1.29, 1.82) is 0 Å². The summed E-state index contributed by atoms with van der Waals surface area (Å²) in [7, 11) is 0. The number of benzene rings is 1. The van der Waals surface area contributed by atoms with E-state index in [1.807, 2.05) is 0 Å². The molecule has 0 saturated carbocycles. The first kappa shape index (κ1) is 15.6. The van der Waals surface area contributed by atoms with Crippen LogP contribution in [0.1, 0.15) is 24.2 Å². The van der Waals surface area contributed by atoms with Gasteiger partial charge in [0.2, 0.25) is 0 Å². The average molecular weight is 301 g/mol. The Labute approximate surface area is 127 Å². The summed E-state index contributed by atoms with van der Waals surface area (Å²) in [5.74, 6) is -1.83. The molecule has 1 aromatic heterocycles. The fourth-order valence-corrected chi connectivity index (χ4v) is 1.85. The van der Waals surface area contributed by atoms with Crippen molar-refractivity contribution in [1.82, 2.24) is 15.6 Å². The number of nitrogens with one attached hydrogen (secondary N) is 2. The molecule has 0 fully saturated rings. The highest BCUT2D eigenvalue weighted by atomic mass is 19.1. The maximum atomic E-state index is 12.8. The molecule has 0 saturated heterocycles. The molecule has 0 aliphatic carbocycles. The molecule has 0 spiro atoms. The molecule has 2 aromatic rings. The molecule has 1 atom stereocenters. The molecule has 22 heavy (non-hydrogen) atoms. The number of hydrogen-bond acceptors (Lipinski definition) is 3. The first-order valence-electron chi connectivity index (χ1n) is 6.80. The highest BCUT2D eigenvalue weighted by Gasteiger charge is 2.16. The first-order valence-corrected chi connectivity index (χ1v) is 6.80. The van der Waals surface area contributed by atoms with Crippen LogP contribution in [0, 0.1) is 5.82 Å². The van der Waals surface area contributed by atoms with Crippen molar-refractivity contribution < 1.29 is 14.0 Å². The molecule has 1 unspecified atom stereocenters. The van der Waals surface area contributed by atoms with Gasteiger partial charge >= 0.3 is 11.8 Å². The minimum absolute atomic E-state index is 0.179. The number of halogens is 1. The van der Waals surface area contributed by atoms with Gasteiger partial charge in [0.25, 0.3) is 0 Å². The summed E-state index contributed by atoms with van der Waals surface area (Å²) in [6.07, 6.45) is 1.61. The smallest absolute Gasteiger partial charge is 0.309 e. The van der Waals surface area contributed by atoms with E-state index < -0.39 is 17.9 Å². The highest BCUT2D eigenvalue weighted by molar-refractivity contribution is 6.35. The number of carbonyl (C=O) groups excluding carboxylic acids is 2. The average Bonchev–Trinajstić information content (AvgIpc) is 2.54. The van der Waals surface area contributed by atoms with E-state index in [9.17, 15) is 14.0 Å². The summed E-state index contributed by atoms with van der Waals surface area (Å²) in [5, 5.41) is 5.05. The van der Waals surface area contributed by atoms with Crippen LogP contribution in [0.2, 0.25) is 0 Å². The molecular formula is C16H16FN3O2. The lowest BCUT2D eigenvalue weighted by Gasteiger charge is -2.14. The topological polar surface area (TPSA) is 71.1 Å². The van der Waals surface area contributed by atoms with E-state index in [1.54, 1.807) is 43.5 Å². The standard InChI is InChI=1S/C16H16FN3O2/c1-11(12-5-7-13(17)8-6-12)20-16(22)15(21)19-10-14-4-2-3-9-18-14/h2-9,11H,10H2,1H3,(H,19,21)(H,20,22). The van der Waals surface area contributed by atoms with Gasteiger partial charge in [-0.1, -0.05) is 18.2 Å². The predicted molar refractivity (Wildman–Crippen MR) is 79.0 cm³/mol. The summed E-state index contributed by atoms with van der Waals surface area (Å²) in [4.78, 5) is 27.6. The maximum Gasteiger partial charge on any atom is 0.309 e. The Morgan fingerprint density at radius 1 is 1.14 bits per heavy atom. The van der Waals surface area contributed by atoms with Crippen molar-refractivity contribution in [2.45, 2.75) is 19.5 Å². The molecule has 0 aliphatic rings. The van der Waals surface area contributed by atoms with Crippen LogP contribution in [0.15, 0.2) is 48.7 Å². The van der Waals surface area contributed by atoms with Gasteiger partial charge in [0.05, 0.1) is 18.3 Å². The number of rotatable bonds is 4. The van der Waals surface area contributed by atoms with Gasteiger partial charge in [-0.05, 0) is 36.8 Å². The normalized spacial score (nSPS) is 11.5. The Bertz CT molecular complexity index is 644. The molecule has 5 nitrogen and oxygen atoms in total. The third kappa shape index (κ3) is 4.37. The number of amides is 2. The van der Waals surface area contributed by atoms with Crippen LogP contribution in [0.3, 0.4) is 0 Å². The fourth-order valence-electron chi connectivity index (χ4n) is 1.85. The molecule has 1 heterocycles. The van der Waals surface area contributed by atoms with Crippen molar-refractivity contribution in [2.75, 3.05) is 0 Å². The van der Waals surface area contributed by atoms with Crippen LogP contribution in [-0.4, -0.2) is 16.8 Å². The summed E-state index contributed by atoms with van der Waals surface area (Å²) in [6.45, 7) is 1.90. The van der Waals surface area contributed by atoms with E-state index in [0.29, 0.717) is 11.3 Å². The van der Waals surface area contributed by atoms with E-state index in [0.717, 1.165) is 0 Å². The van der Waals surface area contributed by atoms with Crippen LogP contribution >= 0.6 is 0 Å². The van der Waals surface area contributed by atoms with Crippen molar-refractivity contribution in [2.24, 2.45) is 0 Å². The molecule has 114 valence electrons. The Balaban J connectivity index is 1.85. The van der Waals surface area contributed by atoms with Gasteiger partial charge in [-0.25, -0.2) is 4.39 Å². The minimum Gasteiger partial charge on any atom is -0.342 e. The van der Waals surface area contributed by atoms with Crippen LogP contribution in [0.25, 0.3) is 0 Å². The van der Waals surface area contributed by atoms with Gasteiger partial charge in [0, 0.05) is 6.20 Å². The second-order valence-corrected chi connectivity index (χ2v) is 4.75. The fraction of sp³-hybridized carbons (Fsp3) is 0.188. The summed E-state index contributed by atoms with van der Waals surface area (Å²) in [6, 6.07) is 10.7. The zero-order valence-corrected chi connectivity index (χ0v) is 12.0. The third-order valence-electron chi connectivity index (χ3n) is 3.08. The van der Waals surface area contributed by atoms with Crippen LogP contribution in [0.5, 0.6) is 0 Å². The Hall–Kier alpha value is -2.76. The highest BCUT2D eigenvalue weighted by Crippen LogP contribution is 2.12. The lowest BCUT2D eigenvalue weighted by molar-refractivity contribution is -0.139. The van der Waals surface area contributed by atoms with Crippen molar-refractivity contribution >= 4 is 11.8 Å². The van der Waals surface area contributed by atoms with Crippen molar-refractivity contribution in [3.05, 3.63) is 65.7 Å². The van der Waals surface area contributed by atoms with Gasteiger partial charge in [0.1, 0.15) is 5.82 Å². The Kier molecular flexibility index (Phi) is 5.19. The van der Waals surface area contributed by atoms with Crippen LogP contribution in [-0.2, 0) is 16.1 Å². The lowest BCUT2D eigenvalue weighted by atomic mass is 10.1. The van der Waals surface area contributed by atoms with Gasteiger partial charge < -0.3 is 10.6 Å². The molecular weight excluding hydrogens is 285 g/mol. The Morgan fingerprint density at radius 2 is 1.86 bits per heavy atom. The quantitative estimate of drug-likeness (QED) is 0.845. The summed E-state index contributed by atoms with van der Waals surface area (Å²) in [5.41, 5.74) is 1.38. The minimum atomic E-state index is -0.743. The molecule has 0 bridgehead atoms. The number of hydrogen-bond donors (Lipinski definition) is 2. The van der Waals surface area contributed by atoms with Gasteiger partial charge in [0.15, 0.2) is 0 Å². The van der Waals surface area contributed by atoms with Crippen LogP contribution < -0.4 is 10.6 Å². The van der Waals surface area contributed by atoms with E-state index in [4.69, 9.17) is 0 Å². The van der Waals surface area contributed by atoms with E-state index in [1.165, 1.54) is 12.1 Å². The zero-order chi connectivity index (χ0) is 15.9. The lowest BCUT2D eigenvalue weighted by Crippen LogP contribution is -2.40. The second-order valence-electron chi connectivity index (χ2n) is 4.75. The molecule has 2 amide bonds. The first-order chi connectivity index (χ1) is 10.6. The van der Waals surface area contributed by atoms with Gasteiger partial charge in [-0.3, -0.25) is 14.6 Å². The predicted octanol–water partition coefficient (Wildman–Crippen LogP) is 1.71. The van der Waals surface area contributed by atoms with Gasteiger partial charge in [-0.2, -0.15) is 0 Å². The largest absolute Gasteiger partial charge is 0.342 e. The van der Waals surface area contributed by atoms with E-state index in [-0.39, 0.29) is 12.4 Å². The molecule has 0 radical (unpaired) electrons. The van der Waals surface area contributed by atoms with Gasteiger partial charge in [-0.15, -0.1) is 0 Å². The second kappa shape index (κ2) is 7.31. The number of pyridine rings is 1. The molecule has 2 rings (SSSR count). The zero-order valence-electron chi connectivity index (χ0n) is 12.0. The SMILES string of the molecule is CC(NC(=O)C(=O)NCc1ccccn1)c1ccc(F)cc1. The maximum absolute atomic E-state index is 12.8. The van der Waals surface area contributed by atoms with Crippen LogP contribution in [0.4, 0.5) is 4.39 Å². The van der Waals surface area contributed by atoms with Crippen molar-refractivity contribution in [3.8, 4) is 0 Å².